The minimum atomic E-state index is 0.0838. The standard InChI is InChI=1S/C10H23N3O/c1-10(2,5-6-11)4-3-9(14)13-8-7-12/h3-8,11-12H2,1-2H3,(H,13,14). The molecule has 0 aliphatic heterocycles. The average molecular weight is 201 g/mol. The van der Waals surface area contributed by atoms with Crippen LogP contribution in [0.4, 0.5) is 0 Å². The molecule has 0 rings (SSSR count). The fourth-order valence-electron chi connectivity index (χ4n) is 1.27. The lowest BCUT2D eigenvalue weighted by atomic mass is 9.84. The van der Waals surface area contributed by atoms with Crippen LogP contribution in [-0.2, 0) is 4.79 Å². The van der Waals surface area contributed by atoms with E-state index < -0.39 is 0 Å². The smallest absolute Gasteiger partial charge is 0.220 e. The van der Waals surface area contributed by atoms with Crippen molar-refractivity contribution >= 4 is 5.91 Å². The zero-order chi connectivity index (χ0) is 11.0. The van der Waals surface area contributed by atoms with Crippen LogP contribution in [0.25, 0.3) is 0 Å². The van der Waals surface area contributed by atoms with Gasteiger partial charge in [-0.3, -0.25) is 4.79 Å². The summed E-state index contributed by atoms with van der Waals surface area (Å²) < 4.78 is 0. The Labute approximate surface area is 86.4 Å². The Kier molecular flexibility index (Phi) is 6.49. The van der Waals surface area contributed by atoms with Gasteiger partial charge in [0.05, 0.1) is 0 Å². The molecule has 0 aromatic rings. The molecule has 5 N–H and O–H groups in total. The van der Waals surface area contributed by atoms with Crippen LogP contribution in [0.15, 0.2) is 0 Å². The van der Waals surface area contributed by atoms with Crippen LogP contribution >= 0.6 is 0 Å². The maximum atomic E-state index is 11.3. The minimum absolute atomic E-state index is 0.0838. The average Bonchev–Trinajstić information content (AvgIpc) is 2.11. The van der Waals surface area contributed by atoms with E-state index in [4.69, 9.17) is 11.5 Å². The lowest BCUT2D eigenvalue weighted by Crippen LogP contribution is -2.30. The number of rotatable bonds is 7. The third-order valence-corrected chi connectivity index (χ3v) is 2.32. The SMILES string of the molecule is CC(C)(CCN)CCC(=O)NCCN. The van der Waals surface area contributed by atoms with Gasteiger partial charge in [0.2, 0.25) is 5.91 Å². The summed E-state index contributed by atoms with van der Waals surface area (Å²) in [5.74, 6) is 0.0838. The second-order valence-electron chi connectivity index (χ2n) is 4.34. The third kappa shape index (κ3) is 6.86. The number of nitrogens with one attached hydrogen (secondary N) is 1. The van der Waals surface area contributed by atoms with E-state index in [0.29, 0.717) is 26.1 Å². The molecule has 0 heterocycles. The van der Waals surface area contributed by atoms with E-state index in [1.165, 1.54) is 0 Å². The largest absolute Gasteiger partial charge is 0.355 e. The van der Waals surface area contributed by atoms with Crippen molar-refractivity contribution < 1.29 is 4.79 Å². The number of nitrogens with two attached hydrogens (primary N) is 2. The number of hydrogen-bond acceptors (Lipinski definition) is 3. The monoisotopic (exact) mass is 201 g/mol. The summed E-state index contributed by atoms with van der Waals surface area (Å²) in [5, 5.41) is 2.75. The highest BCUT2D eigenvalue weighted by atomic mass is 16.1. The van der Waals surface area contributed by atoms with E-state index in [1.807, 2.05) is 0 Å². The summed E-state index contributed by atoms with van der Waals surface area (Å²) in [7, 11) is 0. The highest BCUT2D eigenvalue weighted by molar-refractivity contribution is 5.75. The fraction of sp³-hybridized carbons (Fsp3) is 0.900. The van der Waals surface area contributed by atoms with Gasteiger partial charge >= 0.3 is 0 Å². The quantitative estimate of drug-likeness (QED) is 0.551. The number of amides is 1. The van der Waals surface area contributed by atoms with Crippen molar-refractivity contribution in [3.63, 3.8) is 0 Å². The van der Waals surface area contributed by atoms with Gasteiger partial charge in [0.1, 0.15) is 0 Å². The summed E-state index contributed by atoms with van der Waals surface area (Å²) in [6.07, 6.45) is 2.39. The summed E-state index contributed by atoms with van der Waals surface area (Å²) in [6, 6.07) is 0. The first-order valence-electron chi connectivity index (χ1n) is 5.18. The zero-order valence-corrected chi connectivity index (χ0v) is 9.31. The Hall–Kier alpha value is -0.610. The summed E-state index contributed by atoms with van der Waals surface area (Å²) in [5.41, 5.74) is 10.9. The molecule has 0 fully saturated rings. The van der Waals surface area contributed by atoms with E-state index in [9.17, 15) is 4.79 Å². The molecule has 0 aliphatic carbocycles. The first-order valence-corrected chi connectivity index (χ1v) is 5.18. The highest BCUT2D eigenvalue weighted by Crippen LogP contribution is 2.25. The second kappa shape index (κ2) is 6.79. The maximum absolute atomic E-state index is 11.3. The van der Waals surface area contributed by atoms with E-state index in [1.54, 1.807) is 0 Å². The van der Waals surface area contributed by atoms with Crippen LogP contribution in [0.1, 0.15) is 33.1 Å². The highest BCUT2D eigenvalue weighted by Gasteiger charge is 2.17. The molecular weight excluding hydrogens is 178 g/mol. The molecule has 0 bridgehead atoms. The van der Waals surface area contributed by atoms with Gasteiger partial charge in [0.15, 0.2) is 0 Å². The lowest BCUT2D eigenvalue weighted by Gasteiger charge is -2.23. The van der Waals surface area contributed by atoms with E-state index in [2.05, 4.69) is 19.2 Å². The number of carbonyl (C=O) groups excluding carboxylic acids is 1. The second-order valence-corrected chi connectivity index (χ2v) is 4.34. The van der Waals surface area contributed by atoms with E-state index in [0.717, 1.165) is 12.8 Å². The Morgan fingerprint density at radius 2 is 1.86 bits per heavy atom. The topological polar surface area (TPSA) is 81.1 Å². The van der Waals surface area contributed by atoms with Crippen molar-refractivity contribution in [1.82, 2.24) is 5.32 Å². The summed E-state index contributed by atoms with van der Waals surface area (Å²) in [4.78, 5) is 11.3. The predicted molar refractivity (Wildman–Crippen MR) is 58.8 cm³/mol. The molecular formula is C10H23N3O. The molecule has 0 saturated carbocycles. The molecule has 0 radical (unpaired) electrons. The van der Waals surface area contributed by atoms with Crippen LogP contribution in [-0.4, -0.2) is 25.5 Å². The van der Waals surface area contributed by atoms with Crippen LogP contribution < -0.4 is 16.8 Å². The first-order chi connectivity index (χ1) is 6.52. The third-order valence-electron chi connectivity index (χ3n) is 2.32. The van der Waals surface area contributed by atoms with Crippen molar-refractivity contribution in [2.75, 3.05) is 19.6 Å². The molecule has 0 aromatic heterocycles. The van der Waals surface area contributed by atoms with Crippen molar-refractivity contribution in [1.29, 1.82) is 0 Å². The normalized spacial score (nSPS) is 11.4. The predicted octanol–water partition coefficient (Wildman–Crippen LogP) is 0.217. The van der Waals surface area contributed by atoms with Gasteiger partial charge in [0, 0.05) is 19.5 Å². The molecule has 84 valence electrons. The lowest BCUT2D eigenvalue weighted by molar-refractivity contribution is -0.121. The Morgan fingerprint density at radius 3 is 2.36 bits per heavy atom. The Morgan fingerprint density at radius 1 is 1.21 bits per heavy atom. The molecule has 0 aromatic carbocycles. The molecule has 4 heteroatoms. The molecule has 0 unspecified atom stereocenters. The van der Waals surface area contributed by atoms with Crippen LogP contribution in [0.2, 0.25) is 0 Å². The molecule has 1 amide bonds. The molecule has 14 heavy (non-hydrogen) atoms. The summed E-state index contributed by atoms with van der Waals surface area (Å²) in [6.45, 7) is 6.01. The summed E-state index contributed by atoms with van der Waals surface area (Å²) >= 11 is 0. The van der Waals surface area contributed by atoms with Crippen molar-refractivity contribution in [2.45, 2.75) is 33.1 Å². The van der Waals surface area contributed by atoms with Crippen molar-refractivity contribution in [3.05, 3.63) is 0 Å². The maximum Gasteiger partial charge on any atom is 0.220 e. The van der Waals surface area contributed by atoms with Gasteiger partial charge in [0.25, 0.3) is 0 Å². The van der Waals surface area contributed by atoms with Crippen molar-refractivity contribution in [3.8, 4) is 0 Å². The van der Waals surface area contributed by atoms with E-state index >= 15 is 0 Å². The van der Waals surface area contributed by atoms with Gasteiger partial charge in [-0.15, -0.1) is 0 Å². The molecule has 4 nitrogen and oxygen atoms in total. The fourth-order valence-corrected chi connectivity index (χ4v) is 1.27. The van der Waals surface area contributed by atoms with Crippen molar-refractivity contribution in [2.24, 2.45) is 16.9 Å². The first kappa shape index (κ1) is 13.4. The number of carbonyl (C=O) groups is 1. The van der Waals surface area contributed by atoms with Gasteiger partial charge in [-0.25, -0.2) is 0 Å². The minimum Gasteiger partial charge on any atom is -0.355 e. The van der Waals surface area contributed by atoms with Gasteiger partial charge in [-0.2, -0.15) is 0 Å². The Balaban J connectivity index is 3.64. The molecule has 0 spiro atoms. The number of hydrogen-bond donors (Lipinski definition) is 3. The van der Waals surface area contributed by atoms with Gasteiger partial charge in [-0.05, 0) is 24.8 Å². The van der Waals surface area contributed by atoms with E-state index in [-0.39, 0.29) is 11.3 Å². The van der Waals surface area contributed by atoms with Gasteiger partial charge in [-0.1, -0.05) is 13.8 Å². The van der Waals surface area contributed by atoms with Gasteiger partial charge < -0.3 is 16.8 Å². The van der Waals surface area contributed by atoms with Crippen LogP contribution in [0, 0.1) is 5.41 Å². The van der Waals surface area contributed by atoms with Crippen LogP contribution in [0.5, 0.6) is 0 Å². The van der Waals surface area contributed by atoms with Crippen LogP contribution in [0.3, 0.4) is 0 Å². The zero-order valence-electron chi connectivity index (χ0n) is 9.31. The molecule has 0 saturated heterocycles. The Bertz CT molecular complexity index is 169. The molecule has 0 aliphatic rings. The molecule has 0 atom stereocenters.